The van der Waals surface area contributed by atoms with Crippen LogP contribution in [-0.4, -0.2) is 61.3 Å². The summed E-state index contributed by atoms with van der Waals surface area (Å²) in [6, 6.07) is 1.28. The van der Waals surface area contributed by atoms with Crippen molar-refractivity contribution in [3.8, 4) is 6.07 Å². The van der Waals surface area contributed by atoms with Crippen molar-refractivity contribution in [1.29, 1.82) is 5.26 Å². The van der Waals surface area contributed by atoms with E-state index in [4.69, 9.17) is 19.8 Å². The van der Waals surface area contributed by atoms with Crippen LogP contribution in [-0.2, 0) is 28.7 Å². The molecule has 0 aromatic rings. The molecule has 0 saturated heterocycles. The second-order valence-electron chi connectivity index (χ2n) is 17.8. The fourth-order valence-corrected chi connectivity index (χ4v) is 14.3. The number of amides is 2. The molecule has 0 aliphatic heterocycles. The number of hydrogen-bond donors (Lipinski definition) is 3. The Morgan fingerprint density at radius 3 is 1.70 bits per heavy atom. The number of rotatable bonds is 10. The van der Waals surface area contributed by atoms with E-state index in [9.17, 15) is 19.2 Å². The van der Waals surface area contributed by atoms with Gasteiger partial charge in [0.2, 0.25) is 11.8 Å². The van der Waals surface area contributed by atoms with Gasteiger partial charge in [0.1, 0.15) is 25.8 Å². The number of ether oxygens (including phenoxy) is 2. The molecule has 10 nitrogen and oxygen atoms in total. The SMILES string of the molecule is CC(NC(=O)C1CC2CC1C1C3CC(C(C)C3C)C21)C(=O)OCCO.CC1C(C)C2CC1C1C3CC(C(=O)NCC(=O)OCCC#N)C(C3)C21. The largest absolute Gasteiger partial charge is 0.463 e. The third-order valence-electron chi connectivity index (χ3n) is 16.3. The second-order valence-corrected chi connectivity index (χ2v) is 17.8. The van der Waals surface area contributed by atoms with Gasteiger partial charge in [-0.2, -0.15) is 5.26 Å². The van der Waals surface area contributed by atoms with E-state index in [0.717, 1.165) is 89.8 Å². The standard InChI is InChI=1S/C20H28N2O3.C20H31NO4/c1-10-11(2)14-8-13(10)18-12-6-15(19(14)18)16(7-12)20(24)22-9-17(23)25-5-3-4-21;1-9-10(2)14-8-13(9)17-12-6-15(18(14)17)16(7-12)19(23)21-11(3)20(24)25-5-4-22/h10-16,18-19H,3,5-9H2,1-2H3,(H,22,24);9-18,22H,4-8H2,1-3H3,(H,21,23). The molecule has 8 rings (SSSR count). The van der Waals surface area contributed by atoms with Gasteiger partial charge in [-0.3, -0.25) is 14.4 Å². The summed E-state index contributed by atoms with van der Waals surface area (Å²) in [5.41, 5.74) is 0. The summed E-state index contributed by atoms with van der Waals surface area (Å²) in [7, 11) is 0. The third-order valence-corrected chi connectivity index (χ3v) is 16.3. The first kappa shape index (κ1) is 35.7. The van der Waals surface area contributed by atoms with Crippen molar-refractivity contribution in [1.82, 2.24) is 10.6 Å². The van der Waals surface area contributed by atoms with E-state index in [1.165, 1.54) is 25.7 Å². The van der Waals surface area contributed by atoms with E-state index in [1.54, 1.807) is 6.92 Å². The predicted octanol–water partition coefficient (Wildman–Crippen LogP) is 4.21. The van der Waals surface area contributed by atoms with Crippen molar-refractivity contribution in [3.05, 3.63) is 0 Å². The van der Waals surface area contributed by atoms with Crippen molar-refractivity contribution in [2.45, 2.75) is 85.6 Å². The number of aliphatic hydroxyl groups is 1. The van der Waals surface area contributed by atoms with Crippen LogP contribution < -0.4 is 10.6 Å². The molecule has 0 aromatic carbocycles. The third kappa shape index (κ3) is 5.86. The summed E-state index contributed by atoms with van der Waals surface area (Å²) in [4.78, 5) is 48.9. The van der Waals surface area contributed by atoms with Crippen LogP contribution in [0.15, 0.2) is 0 Å². The number of nitrogens with one attached hydrogen (secondary N) is 2. The number of carbonyl (C=O) groups is 4. The highest BCUT2D eigenvalue weighted by Gasteiger charge is 2.68. The fourth-order valence-electron chi connectivity index (χ4n) is 14.3. The minimum Gasteiger partial charge on any atom is -0.463 e. The lowest BCUT2D eigenvalue weighted by molar-refractivity contribution is -0.149. The summed E-state index contributed by atoms with van der Waals surface area (Å²) < 4.78 is 9.83. The number of hydrogen-bond acceptors (Lipinski definition) is 8. The molecule has 0 radical (unpaired) electrons. The molecule has 3 N–H and O–H groups in total. The summed E-state index contributed by atoms with van der Waals surface area (Å²) >= 11 is 0. The van der Waals surface area contributed by atoms with Crippen LogP contribution in [0.2, 0.25) is 0 Å². The zero-order chi connectivity index (χ0) is 35.6. The molecule has 0 heterocycles. The molecule has 8 aliphatic carbocycles. The molecule has 10 heteroatoms. The Morgan fingerprint density at radius 2 is 1.20 bits per heavy atom. The number of carbonyl (C=O) groups excluding carboxylic acids is 4. The molecule has 8 saturated carbocycles. The summed E-state index contributed by atoms with van der Waals surface area (Å²) in [6.07, 6.45) is 7.38. The Balaban J connectivity index is 0.000000157. The van der Waals surface area contributed by atoms with Gasteiger partial charge in [-0.25, -0.2) is 4.79 Å². The van der Waals surface area contributed by atoms with E-state index in [-0.39, 0.29) is 56.4 Å². The molecule has 2 amide bonds. The van der Waals surface area contributed by atoms with E-state index in [1.807, 2.05) is 6.07 Å². The van der Waals surface area contributed by atoms with Crippen LogP contribution in [0, 0.1) is 118 Å². The molecule has 50 heavy (non-hydrogen) atoms. The first-order chi connectivity index (χ1) is 24.0. The first-order valence-corrected chi connectivity index (χ1v) is 19.8. The molecule has 8 aliphatic rings. The van der Waals surface area contributed by atoms with E-state index < -0.39 is 18.0 Å². The zero-order valence-corrected chi connectivity index (χ0v) is 30.6. The summed E-state index contributed by atoms with van der Waals surface area (Å²) in [5.74, 6) is 11.7. The highest BCUT2D eigenvalue weighted by Crippen LogP contribution is 2.72. The molecule has 19 unspecified atom stereocenters. The van der Waals surface area contributed by atoms with Gasteiger partial charge in [0.25, 0.3) is 0 Å². The average Bonchev–Trinajstić information content (AvgIpc) is 3.96. The van der Waals surface area contributed by atoms with Crippen molar-refractivity contribution in [2.24, 2.45) is 107 Å². The summed E-state index contributed by atoms with van der Waals surface area (Å²) in [6.45, 7) is 11.1. The highest BCUT2D eigenvalue weighted by molar-refractivity contribution is 5.86. The van der Waals surface area contributed by atoms with Crippen LogP contribution in [0.25, 0.3) is 0 Å². The van der Waals surface area contributed by atoms with Crippen LogP contribution >= 0.6 is 0 Å². The van der Waals surface area contributed by atoms with Crippen LogP contribution in [0.5, 0.6) is 0 Å². The molecule has 8 fully saturated rings. The Hall–Kier alpha value is -2.67. The quantitative estimate of drug-likeness (QED) is 0.175. The van der Waals surface area contributed by atoms with Gasteiger partial charge in [-0.15, -0.1) is 0 Å². The molecular weight excluding hydrogens is 634 g/mol. The lowest BCUT2D eigenvalue weighted by atomic mass is 9.62. The van der Waals surface area contributed by atoms with Gasteiger partial charge < -0.3 is 25.2 Å². The van der Waals surface area contributed by atoms with Gasteiger partial charge in [0.05, 0.1) is 19.1 Å². The number of esters is 2. The lowest BCUT2D eigenvalue weighted by Crippen LogP contribution is -2.47. The van der Waals surface area contributed by atoms with Crippen molar-refractivity contribution in [3.63, 3.8) is 0 Å². The van der Waals surface area contributed by atoms with Crippen molar-refractivity contribution in [2.75, 3.05) is 26.4 Å². The first-order valence-electron chi connectivity index (χ1n) is 19.8. The van der Waals surface area contributed by atoms with Gasteiger partial charge in [0, 0.05) is 11.8 Å². The number of nitriles is 1. The zero-order valence-electron chi connectivity index (χ0n) is 30.6. The highest BCUT2D eigenvalue weighted by atomic mass is 16.5. The van der Waals surface area contributed by atoms with Crippen molar-refractivity contribution >= 4 is 23.8 Å². The van der Waals surface area contributed by atoms with Gasteiger partial charge in [0.15, 0.2) is 0 Å². The minimum absolute atomic E-state index is 0.0178. The Morgan fingerprint density at radius 1 is 0.700 bits per heavy atom. The van der Waals surface area contributed by atoms with E-state index in [0.29, 0.717) is 17.8 Å². The molecular formula is C40H59N3O7. The molecule has 0 spiro atoms. The maximum Gasteiger partial charge on any atom is 0.328 e. The number of fused-ring (bicyclic) bond motifs is 18. The van der Waals surface area contributed by atoms with Gasteiger partial charge in [-0.05, 0) is 140 Å². The smallest absolute Gasteiger partial charge is 0.328 e. The topological polar surface area (TPSA) is 155 Å². The second kappa shape index (κ2) is 14.0. The van der Waals surface area contributed by atoms with Crippen LogP contribution in [0.3, 0.4) is 0 Å². The Kier molecular flexibility index (Phi) is 10.0. The monoisotopic (exact) mass is 693 g/mol. The number of aliphatic hydroxyl groups excluding tert-OH is 1. The number of nitrogens with zero attached hydrogens (tertiary/aromatic N) is 1. The Bertz CT molecular complexity index is 1380. The van der Waals surface area contributed by atoms with E-state index in [2.05, 4.69) is 38.3 Å². The van der Waals surface area contributed by atoms with Crippen molar-refractivity contribution < 1.29 is 33.8 Å². The normalized spacial score (nSPS) is 46.7. The van der Waals surface area contributed by atoms with E-state index >= 15 is 0 Å². The lowest BCUT2D eigenvalue weighted by Gasteiger charge is -2.43. The van der Waals surface area contributed by atoms with Gasteiger partial charge in [-0.1, -0.05) is 27.7 Å². The fraction of sp³-hybridized carbons (Fsp3) is 0.875. The predicted molar refractivity (Wildman–Crippen MR) is 183 cm³/mol. The Labute approximate surface area is 297 Å². The average molecular weight is 694 g/mol. The molecule has 276 valence electrons. The van der Waals surface area contributed by atoms with Crippen LogP contribution in [0.4, 0.5) is 0 Å². The minimum atomic E-state index is -0.645. The maximum absolute atomic E-state index is 12.8. The van der Waals surface area contributed by atoms with Crippen LogP contribution in [0.1, 0.15) is 79.6 Å². The molecule has 0 aromatic heterocycles. The molecule has 19 atom stereocenters. The summed E-state index contributed by atoms with van der Waals surface area (Å²) in [5, 5.41) is 22.8. The molecule has 8 bridgehead atoms. The maximum atomic E-state index is 12.8. The van der Waals surface area contributed by atoms with Gasteiger partial charge >= 0.3 is 11.9 Å².